The Bertz CT molecular complexity index is 55.0. The van der Waals surface area contributed by atoms with Gasteiger partial charge in [-0.05, 0) is 0 Å². The molecule has 0 aliphatic carbocycles. The molecule has 0 aliphatic rings. The number of hydrogen-bond donors (Lipinski definition) is 1. The molecular formula is C6H15O2Zn. The van der Waals surface area contributed by atoms with Crippen molar-refractivity contribution in [2.75, 3.05) is 13.2 Å². The van der Waals surface area contributed by atoms with Crippen LogP contribution in [-0.4, -0.2) is 18.3 Å². The van der Waals surface area contributed by atoms with Crippen LogP contribution in [0.25, 0.3) is 0 Å². The average molecular weight is 185 g/mol. The van der Waals surface area contributed by atoms with Gasteiger partial charge in [-0.2, -0.15) is 0 Å². The molecule has 9 heavy (non-hydrogen) atoms. The van der Waals surface area contributed by atoms with Crippen molar-refractivity contribution in [2.45, 2.75) is 23.9 Å². The van der Waals surface area contributed by atoms with Gasteiger partial charge in [0.1, 0.15) is 0 Å². The third-order valence-corrected chi connectivity index (χ3v) is 8.14. The van der Waals surface area contributed by atoms with E-state index in [1.54, 1.807) is 0 Å². The molecule has 3 heteroatoms. The summed E-state index contributed by atoms with van der Waals surface area (Å²) in [4.78, 5) is 0. The zero-order valence-electron chi connectivity index (χ0n) is 6.39. The van der Waals surface area contributed by atoms with Crippen LogP contribution in [0.2, 0.25) is 10.0 Å². The maximum atomic E-state index is 8.41. The van der Waals surface area contributed by atoms with E-state index in [2.05, 4.69) is 13.8 Å². The van der Waals surface area contributed by atoms with Crippen molar-refractivity contribution in [3.63, 3.8) is 0 Å². The molecule has 53 valence electrons. The summed E-state index contributed by atoms with van der Waals surface area (Å²) in [6.07, 6.45) is 0. The van der Waals surface area contributed by atoms with E-state index in [9.17, 15) is 0 Å². The number of hydrogen-bond acceptors (Lipinski definition) is 2. The molecule has 0 aromatic heterocycles. The molecule has 0 aromatic carbocycles. The van der Waals surface area contributed by atoms with E-state index < -0.39 is 16.3 Å². The Kier molecular flexibility index (Phi) is 7.06. The van der Waals surface area contributed by atoms with Gasteiger partial charge < -0.3 is 0 Å². The third-order valence-electron chi connectivity index (χ3n) is 1.64. The Hall–Kier alpha value is 0.543. The predicted molar refractivity (Wildman–Crippen MR) is 34.0 cm³/mol. The normalized spacial score (nSPS) is 9.67. The molecule has 0 aliphatic heterocycles. The minimum absolute atomic E-state index is 0.188. The van der Waals surface area contributed by atoms with E-state index >= 15 is 0 Å². The quantitative estimate of drug-likeness (QED) is 0.655. The second-order valence-electron chi connectivity index (χ2n) is 2.39. The summed E-state index contributed by atoms with van der Waals surface area (Å²) in [5, 5.41) is 10.9. The maximum absolute atomic E-state index is 8.41. The zero-order valence-corrected chi connectivity index (χ0v) is 9.36. The topological polar surface area (TPSA) is 29.5 Å². The van der Waals surface area contributed by atoms with Crippen LogP contribution in [0.4, 0.5) is 0 Å². The van der Waals surface area contributed by atoms with Gasteiger partial charge in [-0.3, -0.25) is 0 Å². The van der Waals surface area contributed by atoms with E-state index in [4.69, 9.17) is 8.67 Å². The fourth-order valence-electron chi connectivity index (χ4n) is 0.911. The van der Waals surface area contributed by atoms with Gasteiger partial charge in [-0.1, -0.05) is 0 Å². The van der Waals surface area contributed by atoms with Gasteiger partial charge >= 0.3 is 62.1 Å². The van der Waals surface area contributed by atoms with Crippen LogP contribution >= 0.6 is 0 Å². The van der Waals surface area contributed by atoms with Gasteiger partial charge in [0.2, 0.25) is 0 Å². The van der Waals surface area contributed by atoms with E-state index in [1.807, 2.05) is 0 Å². The summed E-state index contributed by atoms with van der Waals surface area (Å²) in [5.41, 5.74) is 0. The van der Waals surface area contributed by atoms with Gasteiger partial charge in [0.25, 0.3) is 0 Å². The summed E-state index contributed by atoms with van der Waals surface area (Å²) >= 11 is -1.48. The van der Waals surface area contributed by atoms with Gasteiger partial charge in [0.05, 0.1) is 0 Å². The van der Waals surface area contributed by atoms with E-state index in [1.165, 1.54) is 10.0 Å². The molecule has 0 aromatic rings. The van der Waals surface area contributed by atoms with Crippen LogP contribution in [0.1, 0.15) is 13.8 Å². The van der Waals surface area contributed by atoms with Crippen LogP contribution in [0.15, 0.2) is 0 Å². The minimum atomic E-state index is -1.48. The molecule has 0 spiro atoms. The summed E-state index contributed by atoms with van der Waals surface area (Å²) < 4.78 is 5.45. The zero-order chi connectivity index (χ0) is 7.11. The van der Waals surface area contributed by atoms with Crippen molar-refractivity contribution < 1.29 is 25.0 Å². The van der Waals surface area contributed by atoms with E-state index in [0.717, 1.165) is 0 Å². The average Bonchev–Trinajstić information content (AvgIpc) is 1.91. The van der Waals surface area contributed by atoms with Crippen molar-refractivity contribution in [1.82, 2.24) is 0 Å². The fourth-order valence-corrected chi connectivity index (χ4v) is 4.73. The molecule has 0 bridgehead atoms. The summed E-state index contributed by atoms with van der Waals surface area (Å²) in [6.45, 7) is 5.12. The predicted octanol–water partition coefficient (Wildman–Crippen LogP) is 1.40. The van der Waals surface area contributed by atoms with Gasteiger partial charge in [-0.15, -0.1) is 0 Å². The van der Waals surface area contributed by atoms with Gasteiger partial charge in [0.15, 0.2) is 0 Å². The molecule has 0 saturated heterocycles. The van der Waals surface area contributed by atoms with Gasteiger partial charge in [0, 0.05) is 0 Å². The third kappa shape index (κ3) is 5.01. The molecular weight excluding hydrogens is 169 g/mol. The first-order valence-electron chi connectivity index (χ1n) is 3.81. The Morgan fingerprint density at radius 1 is 1.33 bits per heavy atom. The molecule has 0 radical (unpaired) electrons. The standard InChI is InChI=1S/C2H5O2.2C2H5.Zn/c3-1-2-4;2*1-2;/h3H,1-2H2;2*1H2,2H3;/q-1;;;+1. The second-order valence-corrected chi connectivity index (χ2v) is 10.6. The Labute approximate surface area is 62.5 Å². The molecule has 0 heterocycles. The molecule has 2 nitrogen and oxygen atoms in total. The van der Waals surface area contributed by atoms with Crippen LogP contribution < -0.4 is 0 Å². The molecule has 0 saturated carbocycles. The Balaban J connectivity index is 3.09. The van der Waals surface area contributed by atoms with Crippen LogP contribution in [0, 0.1) is 0 Å². The van der Waals surface area contributed by atoms with Crippen molar-refractivity contribution in [2.24, 2.45) is 0 Å². The van der Waals surface area contributed by atoms with Crippen molar-refractivity contribution in [3.8, 4) is 0 Å². The second kappa shape index (κ2) is 6.66. The first-order valence-corrected chi connectivity index (χ1v) is 9.22. The summed E-state index contributed by atoms with van der Waals surface area (Å²) in [7, 11) is 0. The van der Waals surface area contributed by atoms with Crippen molar-refractivity contribution in [3.05, 3.63) is 0 Å². The first-order chi connectivity index (χ1) is 4.35. The number of rotatable bonds is 5. The summed E-state index contributed by atoms with van der Waals surface area (Å²) in [6, 6.07) is 0. The SMILES string of the molecule is C[CH2][Zn]([CH2]C)[O]CCO. The monoisotopic (exact) mass is 183 g/mol. The molecule has 0 unspecified atom stereocenters. The first kappa shape index (κ1) is 9.54. The fraction of sp³-hybridized carbons (Fsp3) is 1.00. The molecule has 0 fully saturated rings. The summed E-state index contributed by atoms with van der Waals surface area (Å²) in [5.74, 6) is 0. The van der Waals surface area contributed by atoms with Gasteiger partial charge in [-0.25, -0.2) is 0 Å². The number of aliphatic hydroxyl groups is 1. The molecule has 1 N–H and O–H groups in total. The van der Waals surface area contributed by atoms with Crippen LogP contribution in [0.3, 0.4) is 0 Å². The van der Waals surface area contributed by atoms with Crippen LogP contribution in [0.5, 0.6) is 0 Å². The molecule has 0 rings (SSSR count). The van der Waals surface area contributed by atoms with E-state index in [0.29, 0.717) is 6.61 Å². The van der Waals surface area contributed by atoms with Crippen molar-refractivity contribution >= 4 is 0 Å². The molecule has 0 atom stereocenters. The van der Waals surface area contributed by atoms with Crippen molar-refractivity contribution in [1.29, 1.82) is 0 Å². The van der Waals surface area contributed by atoms with Crippen LogP contribution in [-0.2, 0) is 19.9 Å². The van der Waals surface area contributed by atoms with E-state index in [-0.39, 0.29) is 6.61 Å². The Morgan fingerprint density at radius 3 is 2.22 bits per heavy atom. The Morgan fingerprint density at radius 2 is 1.89 bits per heavy atom. The molecule has 0 amide bonds. The number of aliphatic hydroxyl groups excluding tert-OH is 1.